The maximum Gasteiger partial charge on any atom is 0.322 e. The van der Waals surface area contributed by atoms with Crippen LogP contribution in [0.1, 0.15) is 78.0 Å². The Bertz CT molecular complexity index is 1320. The predicted octanol–water partition coefficient (Wildman–Crippen LogP) is 7.35. The third kappa shape index (κ3) is 7.51. The molecule has 39 heavy (non-hydrogen) atoms. The van der Waals surface area contributed by atoms with E-state index < -0.39 is 11.9 Å². The van der Waals surface area contributed by atoms with E-state index >= 15 is 0 Å². The SMILES string of the molecule is CC(NC(=O)N(Cc1ccc(C(=O)N=C(N)N=N)cc1)c1ccc(C2CCCCC2)cc1)c1ccc(Cl)cc1. The highest BCUT2D eigenvalue weighted by atomic mass is 35.5. The molecular weight excluding hydrogens is 512 g/mol. The number of hydrogen-bond acceptors (Lipinski definition) is 3. The number of hydrogen-bond donors (Lipinski definition) is 3. The van der Waals surface area contributed by atoms with Gasteiger partial charge in [0.25, 0.3) is 5.91 Å². The molecule has 3 amide bonds. The number of benzene rings is 3. The molecule has 4 N–H and O–H groups in total. The van der Waals surface area contributed by atoms with Crippen LogP contribution in [-0.2, 0) is 6.54 Å². The highest BCUT2D eigenvalue weighted by Crippen LogP contribution is 2.33. The van der Waals surface area contributed by atoms with Gasteiger partial charge in [-0.1, -0.05) is 67.3 Å². The molecule has 0 spiro atoms. The summed E-state index contributed by atoms with van der Waals surface area (Å²) in [5.74, 6) is -0.414. The normalized spacial score (nSPS) is 14.9. The van der Waals surface area contributed by atoms with Crippen molar-refractivity contribution in [1.82, 2.24) is 5.32 Å². The van der Waals surface area contributed by atoms with Crippen LogP contribution in [-0.4, -0.2) is 17.9 Å². The maximum absolute atomic E-state index is 13.6. The van der Waals surface area contributed by atoms with Gasteiger partial charge in [-0.15, -0.1) is 5.11 Å². The molecule has 1 saturated carbocycles. The summed E-state index contributed by atoms with van der Waals surface area (Å²) in [4.78, 5) is 31.1. The largest absolute Gasteiger partial charge is 0.366 e. The Labute approximate surface area is 233 Å². The molecule has 0 aromatic heterocycles. The quantitative estimate of drug-likeness (QED) is 0.163. The topological polar surface area (TPSA) is 124 Å². The Morgan fingerprint density at radius 2 is 1.64 bits per heavy atom. The summed E-state index contributed by atoms with van der Waals surface area (Å²) >= 11 is 6.03. The van der Waals surface area contributed by atoms with Gasteiger partial charge in [-0.25, -0.2) is 10.3 Å². The van der Waals surface area contributed by atoms with E-state index in [1.165, 1.54) is 37.7 Å². The van der Waals surface area contributed by atoms with Gasteiger partial charge in [-0.3, -0.25) is 9.69 Å². The van der Waals surface area contributed by atoms with Crippen molar-refractivity contribution in [2.75, 3.05) is 4.90 Å². The standard InChI is InChI=1S/C30H33ClN6O2/c1-20(22-11-15-26(31)16-12-22)34-30(39)37(27-17-13-24(14-18-27)23-5-3-2-4-6-23)19-21-7-9-25(10-8-21)28(38)35-29(32)36-33/h7-18,20,23,33H,2-6,19H2,1H3,(H,34,39)(H2,32,35,38). The van der Waals surface area contributed by atoms with Crippen LogP contribution in [0.3, 0.4) is 0 Å². The number of halogens is 1. The Morgan fingerprint density at radius 1 is 1.00 bits per heavy atom. The number of nitrogens with zero attached hydrogens (tertiary/aromatic N) is 3. The van der Waals surface area contributed by atoms with Crippen LogP contribution in [0.4, 0.5) is 10.5 Å². The second-order valence-electron chi connectivity index (χ2n) is 9.82. The van der Waals surface area contributed by atoms with Crippen LogP contribution >= 0.6 is 11.6 Å². The van der Waals surface area contributed by atoms with E-state index in [4.69, 9.17) is 22.9 Å². The monoisotopic (exact) mass is 544 g/mol. The van der Waals surface area contributed by atoms with E-state index in [-0.39, 0.29) is 12.1 Å². The first-order valence-electron chi connectivity index (χ1n) is 13.1. The van der Waals surface area contributed by atoms with E-state index in [0.717, 1.165) is 16.8 Å². The van der Waals surface area contributed by atoms with Crippen molar-refractivity contribution in [3.05, 3.63) is 100 Å². The Morgan fingerprint density at radius 3 is 2.26 bits per heavy atom. The van der Waals surface area contributed by atoms with E-state index in [1.54, 1.807) is 41.3 Å². The summed E-state index contributed by atoms with van der Waals surface area (Å²) < 4.78 is 0. The molecule has 3 aromatic rings. The molecular formula is C30H33ClN6O2. The van der Waals surface area contributed by atoms with Crippen molar-refractivity contribution in [3.8, 4) is 0 Å². The molecule has 0 bridgehead atoms. The Hall–Kier alpha value is -4.04. The van der Waals surface area contributed by atoms with Crippen molar-refractivity contribution >= 4 is 35.2 Å². The van der Waals surface area contributed by atoms with Crippen LogP contribution in [0.2, 0.25) is 5.02 Å². The van der Waals surface area contributed by atoms with Crippen LogP contribution in [0.15, 0.2) is 82.9 Å². The van der Waals surface area contributed by atoms with E-state index in [1.807, 2.05) is 31.2 Å². The highest BCUT2D eigenvalue weighted by molar-refractivity contribution is 6.30. The molecule has 3 aromatic carbocycles. The fourth-order valence-electron chi connectivity index (χ4n) is 4.87. The van der Waals surface area contributed by atoms with Gasteiger partial charge in [0.1, 0.15) is 0 Å². The zero-order chi connectivity index (χ0) is 27.8. The molecule has 1 aliphatic rings. The first-order valence-corrected chi connectivity index (χ1v) is 13.5. The van der Waals surface area contributed by atoms with Crippen molar-refractivity contribution in [3.63, 3.8) is 0 Å². The first kappa shape index (κ1) is 28.0. The summed E-state index contributed by atoms with van der Waals surface area (Å²) in [6, 6.07) is 22.0. The average molecular weight is 545 g/mol. The number of carbonyl (C=O) groups is 2. The lowest BCUT2D eigenvalue weighted by Gasteiger charge is -2.27. The number of urea groups is 1. The lowest BCUT2D eigenvalue weighted by atomic mass is 9.84. The molecule has 4 rings (SSSR count). The Balaban J connectivity index is 1.55. The summed E-state index contributed by atoms with van der Waals surface area (Å²) in [7, 11) is 0. The van der Waals surface area contributed by atoms with Gasteiger partial charge in [0.2, 0.25) is 5.96 Å². The number of nitrogens with one attached hydrogen (secondary N) is 2. The maximum atomic E-state index is 13.6. The lowest BCUT2D eigenvalue weighted by Crippen LogP contribution is -2.40. The number of guanidine groups is 1. The molecule has 0 heterocycles. The second kappa shape index (κ2) is 13.2. The van der Waals surface area contributed by atoms with Crippen LogP contribution in [0.25, 0.3) is 0 Å². The van der Waals surface area contributed by atoms with Gasteiger partial charge >= 0.3 is 6.03 Å². The van der Waals surface area contributed by atoms with Gasteiger partial charge in [-0.2, -0.15) is 4.99 Å². The summed E-state index contributed by atoms with van der Waals surface area (Å²) in [5, 5.41) is 6.69. The second-order valence-corrected chi connectivity index (χ2v) is 10.3. The van der Waals surface area contributed by atoms with Gasteiger partial charge in [0, 0.05) is 16.3 Å². The third-order valence-corrected chi connectivity index (χ3v) is 7.36. The van der Waals surface area contributed by atoms with Crippen LogP contribution < -0.4 is 16.0 Å². The minimum absolute atomic E-state index is 0.232. The van der Waals surface area contributed by atoms with Crippen molar-refractivity contribution in [1.29, 1.82) is 5.53 Å². The zero-order valence-electron chi connectivity index (χ0n) is 21.9. The fourth-order valence-corrected chi connectivity index (χ4v) is 5.00. The van der Waals surface area contributed by atoms with E-state index in [0.29, 0.717) is 23.0 Å². The predicted molar refractivity (Wildman–Crippen MR) is 154 cm³/mol. The number of aliphatic imine (C=N–C) groups is 1. The molecule has 1 atom stereocenters. The number of rotatable bonds is 7. The van der Waals surface area contributed by atoms with E-state index in [9.17, 15) is 9.59 Å². The summed E-state index contributed by atoms with van der Waals surface area (Å²) in [6.45, 7) is 2.23. The van der Waals surface area contributed by atoms with Crippen molar-refractivity contribution in [2.24, 2.45) is 15.8 Å². The van der Waals surface area contributed by atoms with Crippen molar-refractivity contribution in [2.45, 2.75) is 57.5 Å². The molecule has 0 aliphatic heterocycles. The summed E-state index contributed by atoms with van der Waals surface area (Å²) in [5.41, 5.74) is 16.4. The average Bonchev–Trinajstić information content (AvgIpc) is 2.97. The molecule has 1 fully saturated rings. The van der Waals surface area contributed by atoms with Crippen LogP contribution in [0, 0.1) is 5.53 Å². The Kier molecular flexibility index (Phi) is 9.44. The number of nitrogens with two attached hydrogens (primary N) is 1. The smallest absolute Gasteiger partial charge is 0.322 e. The number of amides is 3. The lowest BCUT2D eigenvalue weighted by molar-refractivity contribution is 0.100. The van der Waals surface area contributed by atoms with Crippen molar-refractivity contribution < 1.29 is 9.59 Å². The zero-order valence-corrected chi connectivity index (χ0v) is 22.7. The molecule has 1 aliphatic carbocycles. The van der Waals surface area contributed by atoms with Crippen LogP contribution in [0.5, 0.6) is 0 Å². The molecule has 8 nitrogen and oxygen atoms in total. The summed E-state index contributed by atoms with van der Waals surface area (Å²) in [6.07, 6.45) is 6.24. The van der Waals surface area contributed by atoms with Gasteiger partial charge in [0.05, 0.1) is 12.6 Å². The molecule has 9 heteroatoms. The molecule has 202 valence electrons. The minimum atomic E-state index is -0.584. The number of anilines is 1. The first-order chi connectivity index (χ1) is 18.8. The van der Waals surface area contributed by atoms with Gasteiger partial charge in [0.15, 0.2) is 0 Å². The molecule has 0 saturated heterocycles. The molecule has 0 radical (unpaired) electrons. The third-order valence-electron chi connectivity index (χ3n) is 7.11. The minimum Gasteiger partial charge on any atom is -0.366 e. The fraction of sp³-hybridized carbons (Fsp3) is 0.300. The van der Waals surface area contributed by atoms with Gasteiger partial charge in [-0.05, 0) is 78.8 Å². The number of carbonyl (C=O) groups excluding carboxylic acids is 2. The van der Waals surface area contributed by atoms with Gasteiger partial charge < -0.3 is 11.1 Å². The molecule has 1 unspecified atom stereocenters. The highest BCUT2D eigenvalue weighted by Gasteiger charge is 2.21. The van der Waals surface area contributed by atoms with E-state index in [2.05, 4.69) is 27.6 Å².